The van der Waals surface area contributed by atoms with Crippen molar-refractivity contribution in [3.05, 3.63) is 36.1 Å². The van der Waals surface area contributed by atoms with Gasteiger partial charge in [-0.25, -0.2) is 0 Å². The fourth-order valence-corrected chi connectivity index (χ4v) is 2.16. The molecule has 0 radical (unpaired) electrons. The van der Waals surface area contributed by atoms with E-state index in [1.165, 1.54) is 0 Å². The van der Waals surface area contributed by atoms with E-state index in [0.717, 1.165) is 36.9 Å². The summed E-state index contributed by atoms with van der Waals surface area (Å²) in [5, 5.41) is 0.991. The Balaban J connectivity index is 1.96. The molecule has 1 aliphatic rings. The standard InChI is InChI=1S/C13H13NO2/c15-13(14-7-3-4-8-14)12-9-10-5-1-2-6-11(10)16-12/h1-2,5-6,9H,3-4,7-8H2. The predicted molar refractivity (Wildman–Crippen MR) is 61.4 cm³/mol. The Morgan fingerprint density at radius 1 is 1.19 bits per heavy atom. The zero-order valence-corrected chi connectivity index (χ0v) is 8.98. The summed E-state index contributed by atoms with van der Waals surface area (Å²) >= 11 is 0. The van der Waals surface area contributed by atoms with Crippen molar-refractivity contribution in [3.63, 3.8) is 0 Å². The van der Waals surface area contributed by atoms with E-state index >= 15 is 0 Å². The molecule has 0 saturated carbocycles. The number of carbonyl (C=O) groups is 1. The molecule has 3 rings (SSSR count). The Morgan fingerprint density at radius 2 is 1.94 bits per heavy atom. The number of likely N-dealkylation sites (tertiary alicyclic amines) is 1. The van der Waals surface area contributed by atoms with E-state index < -0.39 is 0 Å². The van der Waals surface area contributed by atoms with Crippen molar-refractivity contribution in [1.29, 1.82) is 0 Å². The van der Waals surface area contributed by atoms with Gasteiger partial charge in [0.1, 0.15) is 5.58 Å². The van der Waals surface area contributed by atoms with Crippen molar-refractivity contribution in [2.75, 3.05) is 13.1 Å². The largest absolute Gasteiger partial charge is 0.451 e. The highest BCUT2D eigenvalue weighted by atomic mass is 16.3. The van der Waals surface area contributed by atoms with Gasteiger partial charge in [-0.15, -0.1) is 0 Å². The van der Waals surface area contributed by atoms with Crippen LogP contribution in [-0.2, 0) is 0 Å². The van der Waals surface area contributed by atoms with Gasteiger partial charge in [-0.1, -0.05) is 18.2 Å². The fraction of sp³-hybridized carbons (Fsp3) is 0.308. The minimum absolute atomic E-state index is 0.0219. The van der Waals surface area contributed by atoms with Crippen LogP contribution < -0.4 is 0 Å². The third kappa shape index (κ3) is 1.48. The summed E-state index contributed by atoms with van der Waals surface area (Å²) in [6, 6.07) is 9.53. The lowest BCUT2D eigenvalue weighted by atomic mass is 10.2. The van der Waals surface area contributed by atoms with Gasteiger partial charge in [0.2, 0.25) is 0 Å². The first kappa shape index (κ1) is 9.46. The first-order valence-electron chi connectivity index (χ1n) is 5.62. The minimum Gasteiger partial charge on any atom is -0.451 e. The van der Waals surface area contributed by atoms with Gasteiger partial charge in [-0.2, -0.15) is 0 Å². The van der Waals surface area contributed by atoms with Crippen LogP contribution in [0.5, 0.6) is 0 Å². The van der Waals surface area contributed by atoms with E-state index in [2.05, 4.69) is 0 Å². The number of amides is 1. The summed E-state index contributed by atoms with van der Waals surface area (Å²) in [4.78, 5) is 13.9. The first-order chi connectivity index (χ1) is 7.84. The lowest BCUT2D eigenvalue weighted by molar-refractivity contribution is 0.0763. The van der Waals surface area contributed by atoms with Crippen LogP contribution in [0.4, 0.5) is 0 Å². The molecule has 2 heterocycles. The van der Waals surface area contributed by atoms with Crippen LogP contribution in [0.1, 0.15) is 23.4 Å². The molecular weight excluding hydrogens is 202 g/mol. The number of hydrogen-bond acceptors (Lipinski definition) is 2. The number of hydrogen-bond donors (Lipinski definition) is 0. The average Bonchev–Trinajstić information content (AvgIpc) is 2.97. The van der Waals surface area contributed by atoms with Gasteiger partial charge in [0.15, 0.2) is 5.76 Å². The van der Waals surface area contributed by atoms with Crippen molar-refractivity contribution >= 4 is 16.9 Å². The van der Waals surface area contributed by atoms with Gasteiger partial charge in [0.05, 0.1) is 0 Å². The van der Waals surface area contributed by atoms with Crippen LogP contribution in [-0.4, -0.2) is 23.9 Å². The molecule has 0 atom stereocenters. The van der Waals surface area contributed by atoms with Gasteiger partial charge < -0.3 is 9.32 Å². The van der Waals surface area contributed by atoms with Gasteiger partial charge in [-0.05, 0) is 25.0 Å². The zero-order chi connectivity index (χ0) is 11.0. The molecule has 1 aromatic heterocycles. The predicted octanol–water partition coefficient (Wildman–Crippen LogP) is 2.67. The van der Waals surface area contributed by atoms with Gasteiger partial charge >= 0.3 is 0 Å². The maximum absolute atomic E-state index is 12.0. The van der Waals surface area contributed by atoms with Crippen LogP contribution in [0.3, 0.4) is 0 Å². The third-order valence-corrected chi connectivity index (χ3v) is 3.03. The molecule has 3 nitrogen and oxygen atoms in total. The SMILES string of the molecule is O=C(c1cc2ccccc2o1)N1CCCC1. The lowest BCUT2D eigenvalue weighted by Crippen LogP contribution is -2.27. The molecule has 0 aliphatic carbocycles. The van der Waals surface area contributed by atoms with Crippen molar-refractivity contribution in [2.24, 2.45) is 0 Å². The number of furan rings is 1. The topological polar surface area (TPSA) is 33.5 Å². The maximum Gasteiger partial charge on any atom is 0.289 e. The number of benzene rings is 1. The Morgan fingerprint density at radius 3 is 2.69 bits per heavy atom. The van der Waals surface area contributed by atoms with Crippen LogP contribution in [0.25, 0.3) is 11.0 Å². The average molecular weight is 215 g/mol. The molecule has 1 amide bonds. The molecule has 1 aromatic carbocycles. The van der Waals surface area contributed by atoms with Crippen LogP contribution in [0.15, 0.2) is 34.7 Å². The minimum atomic E-state index is 0.0219. The highest BCUT2D eigenvalue weighted by molar-refractivity contribution is 5.96. The van der Waals surface area contributed by atoms with Crippen molar-refractivity contribution < 1.29 is 9.21 Å². The van der Waals surface area contributed by atoms with Crippen LogP contribution >= 0.6 is 0 Å². The smallest absolute Gasteiger partial charge is 0.289 e. The summed E-state index contributed by atoms with van der Waals surface area (Å²) < 4.78 is 5.55. The Labute approximate surface area is 93.6 Å². The van der Waals surface area contributed by atoms with Crippen LogP contribution in [0, 0.1) is 0 Å². The number of para-hydroxylation sites is 1. The summed E-state index contributed by atoms with van der Waals surface area (Å²) in [5.41, 5.74) is 0.782. The molecule has 3 heteroatoms. The number of fused-ring (bicyclic) bond motifs is 1. The molecule has 16 heavy (non-hydrogen) atoms. The van der Waals surface area contributed by atoms with E-state index in [9.17, 15) is 4.79 Å². The summed E-state index contributed by atoms with van der Waals surface area (Å²) in [5.74, 6) is 0.483. The first-order valence-corrected chi connectivity index (χ1v) is 5.62. The molecule has 0 unspecified atom stereocenters. The monoisotopic (exact) mass is 215 g/mol. The summed E-state index contributed by atoms with van der Waals surface area (Å²) in [6.45, 7) is 1.71. The molecule has 0 spiro atoms. The number of carbonyl (C=O) groups excluding carboxylic acids is 1. The molecule has 1 saturated heterocycles. The molecule has 82 valence electrons. The van der Waals surface area contributed by atoms with E-state index in [4.69, 9.17) is 4.42 Å². The van der Waals surface area contributed by atoms with E-state index in [0.29, 0.717) is 5.76 Å². The summed E-state index contributed by atoms with van der Waals surface area (Å²) in [7, 11) is 0. The fourth-order valence-electron chi connectivity index (χ4n) is 2.16. The van der Waals surface area contributed by atoms with Crippen molar-refractivity contribution in [2.45, 2.75) is 12.8 Å². The van der Waals surface area contributed by atoms with Gasteiger partial charge in [0, 0.05) is 18.5 Å². The Bertz CT molecular complexity index is 490. The van der Waals surface area contributed by atoms with E-state index in [-0.39, 0.29) is 5.91 Å². The quantitative estimate of drug-likeness (QED) is 0.732. The van der Waals surface area contributed by atoms with Crippen LogP contribution in [0.2, 0.25) is 0 Å². The molecular formula is C13H13NO2. The Kier molecular flexibility index (Phi) is 2.17. The molecule has 1 aliphatic heterocycles. The Hall–Kier alpha value is -1.77. The lowest BCUT2D eigenvalue weighted by Gasteiger charge is -2.12. The molecule has 0 N–H and O–H groups in total. The van der Waals surface area contributed by atoms with E-state index in [1.807, 2.05) is 35.2 Å². The molecule has 2 aromatic rings. The van der Waals surface area contributed by atoms with E-state index in [1.54, 1.807) is 0 Å². The second-order valence-corrected chi connectivity index (χ2v) is 4.15. The number of rotatable bonds is 1. The third-order valence-electron chi connectivity index (χ3n) is 3.03. The van der Waals surface area contributed by atoms with Crippen molar-refractivity contribution in [1.82, 2.24) is 4.90 Å². The maximum atomic E-state index is 12.0. The number of nitrogens with zero attached hydrogens (tertiary/aromatic N) is 1. The highest BCUT2D eigenvalue weighted by Crippen LogP contribution is 2.21. The highest BCUT2D eigenvalue weighted by Gasteiger charge is 2.22. The van der Waals surface area contributed by atoms with Gasteiger partial charge in [-0.3, -0.25) is 4.79 Å². The summed E-state index contributed by atoms with van der Waals surface area (Å²) in [6.07, 6.45) is 2.21. The molecule has 0 bridgehead atoms. The molecule has 1 fully saturated rings. The van der Waals surface area contributed by atoms with Crippen molar-refractivity contribution in [3.8, 4) is 0 Å². The van der Waals surface area contributed by atoms with Gasteiger partial charge in [0.25, 0.3) is 5.91 Å². The normalized spacial score (nSPS) is 15.9. The second-order valence-electron chi connectivity index (χ2n) is 4.15. The second kappa shape index (κ2) is 3.67. The zero-order valence-electron chi connectivity index (χ0n) is 8.98.